The number of sulfone groups is 1. The summed E-state index contributed by atoms with van der Waals surface area (Å²) in [5, 5.41) is 1.09. The summed E-state index contributed by atoms with van der Waals surface area (Å²) in [7, 11) is -3.07. The molecular weight excluding hydrogens is 404 g/mol. The maximum absolute atomic E-state index is 12.5. The zero-order valence-corrected chi connectivity index (χ0v) is 16.7. The molecule has 0 spiro atoms. The number of para-hydroxylation sites is 1. The molecule has 2 aliphatic heterocycles. The minimum absolute atomic E-state index is 0.0873. The van der Waals surface area contributed by atoms with E-state index in [4.69, 9.17) is 11.6 Å². The van der Waals surface area contributed by atoms with Gasteiger partial charge in [0.2, 0.25) is 0 Å². The smallest absolute Gasteiger partial charge is 0.252 e. The average Bonchev–Trinajstić information content (AvgIpc) is 3.08. The Labute approximate surface area is 167 Å². The highest BCUT2D eigenvalue weighted by Gasteiger charge is 2.49. The van der Waals surface area contributed by atoms with E-state index in [1.54, 1.807) is 24.3 Å². The number of halogens is 1. The molecule has 2 heterocycles. The van der Waals surface area contributed by atoms with Gasteiger partial charge in [-0.3, -0.25) is 4.79 Å². The van der Waals surface area contributed by atoms with Gasteiger partial charge in [0.15, 0.2) is 15.0 Å². The number of hydrogen-bond acceptors (Lipinski definition) is 4. The fourth-order valence-corrected chi connectivity index (χ4v) is 7.44. The Morgan fingerprint density at radius 3 is 2.52 bits per heavy atom. The lowest BCUT2D eigenvalue weighted by Crippen LogP contribution is -2.37. The zero-order chi connectivity index (χ0) is 19.0. The van der Waals surface area contributed by atoms with Gasteiger partial charge in [0, 0.05) is 16.0 Å². The zero-order valence-electron chi connectivity index (χ0n) is 14.3. The summed E-state index contributed by atoms with van der Waals surface area (Å²) in [6, 6.07) is 16.4. The molecule has 27 heavy (non-hydrogen) atoms. The van der Waals surface area contributed by atoms with Crippen LogP contribution in [0, 0.1) is 0 Å². The van der Waals surface area contributed by atoms with Crippen molar-refractivity contribution in [2.24, 2.45) is 4.99 Å². The Morgan fingerprint density at radius 2 is 1.81 bits per heavy atom. The van der Waals surface area contributed by atoms with Gasteiger partial charge in [0.1, 0.15) is 0 Å². The SMILES string of the molecule is O=C(Cc1ccc(Cl)cc1)N=C1S[C@@H]2CS(=O)(=O)C[C@@H]2N1c1ccccc1. The first kappa shape index (κ1) is 18.5. The molecule has 2 saturated heterocycles. The number of hydrogen-bond donors (Lipinski definition) is 0. The van der Waals surface area contributed by atoms with Crippen molar-refractivity contribution in [2.45, 2.75) is 17.7 Å². The summed E-state index contributed by atoms with van der Waals surface area (Å²) >= 11 is 7.26. The molecule has 1 amide bonds. The second-order valence-corrected chi connectivity index (χ2v) is 10.4. The third-order valence-corrected chi connectivity index (χ3v) is 8.05. The third-order valence-electron chi connectivity index (χ3n) is 4.59. The Hall–Kier alpha value is -1.83. The van der Waals surface area contributed by atoms with Gasteiger partial charge >= 0.3 is 0 Å². The highest BCUT2D eigenvalue weighted by atomic mass is 35.5. The standard InChI is InChI=1S/C19H17ClN2O3S2/c20-14-8-6-13(7-9-14)10-18(23)21-19-22(15-4-2-1-3-5-15)16-11-27(24,25)12-17(16)26-19/h1-9,16-17H,10-12H2/t16-,17+/m0/s1. The van der Waals surface area contributed by atoms with E-state index < -0.39 is 9.84 Å². The van der Waals surface area contributed by atoms with Crippen LogP contribution in [0.25, 0.3) is 0 Å². The highest BCUT2D eigenvalue weighted by molar-refractivity contribution is 8.16. The number of thioether (sulfide) groups is 1. The maximum Gasteiger partial charge on any atom is 0.252 e. The first-order chi connectivity index (χ1) is 12.9. The predicted octanol–water partition coefficient (Wildman–Crippen LogP) is 3.18. The number of aliphatic imine (C=N–C) groups is 1. The summed E-state index contributed by atoms with van der Waals surface area (Å²) in [4.78, 5) is 18.7. The fourth-order valence-electron chi connectivity index (χ4n) is 3.38. The second-order valence-electron chi connectivity index (χ2n) is 6.60. The second kappa shape index (κ2) is 7.30. The van der Waals surface area contributed by atoms with Crippen LogP contribution < -0.4 is 4.90 Å². The molecule has 8 heteroatoms. The maximum atomic E-state index is 12.5. The molecule has 0 saturated carbocycles. The number of benzene rings is 2. The Balaban J connectivity index is 1.61. The van der Waals surface area contributed by atoms with Crippen molar-refractivity contribution < 1.29 is 13.2 Å². The van der Waals surface area contributed by atoms with Gasteiger partial charge < -0.3 is 4.90 Å². The van der Waals surface area contributed by atoms with Crippen molar-refractivity contribution in [3.63, 3.8) is 0 Å². The number of carbonyl (C=O) groups is 1. The number of nitrogens with zero attached hydrogens (tertiary/aromatic N) is 2. The van der Waals surface area contributed by atoms with Crippen LogP contribution in [0.3, 0.4) is 0 Å². The van der Waals surface area contributed by atoms with Crippen LogP contribution in [0.5, 0.6) is 0 Å². The third kappa shape index (κ3) is 4.05. The topological polar surface area (TPSA) is 66.8 Å². The number of rotatable bonds is 3. The Morgan fingerprint density at radius 1 is 1.11 bits per heavy atom. The van der Waals surface area contributed by atoms with Crippen molar-refractivity contribution in [2.75, 3.05) is 16.4 Å². The Kier molecular flexibility index (Phi) is 5.01. The lowest BCUT2D eigenvalue weighted by atomic mass is 10.1. The van der Waals surface area contributed by atoms with E-state index in [1.165, 1.54) is 11.8 Å². The van der Waals surface area contributed by atoms with Crippen LogP contribution in [0.1, 0.15) is 5.56 Å². The Bertz CT molecular complexity index is 991. The normalized spacial score (nSPS) is 24.9. The summed E-state index contributed by atoms with van der Waals surface area (Å²) in [6.45, 7) is 0. The largest absolute Gasteiger partial charge is 0.316 e. The van der Waals surface area contributed by atoms with Gasteiger partial charge in [-0.05, 0) is 29.8 Å². The van der Waals surface area contributed by atoms with E-state index in [0.29, 0.717) is 10.2 Å². The molecule has 2 atom stereocenters. The summed E-state index contributed by atoms with van der Waals surface area (Å²) in [5.41, 5.74) is 1.69. The van der Waals surface area contributed by atoms with Crippen molar-refractivity contribution >= 4 is 50.0 Å². The van der Waals surface area contributed by atoms with Gasteiger partial charge in [-0.2, -0.15) is 4.99 Å². The van der Waals surface area contributed by atoms with Gasteiger partial charge in [0.05, 0.1) is 24.0 Å². The van der Waals surface area contributed by atoms with Gasteiger partial charge in [-0.15, -0.1) is 0 Å². The number of amides is 1. The lowest BCUT2D eigenvalue weighted by Gasteiger charge is -2.24. The van der Waals surface area contributed by atoms with Gasteiger partial charge in [0.25, 0.3) is 5.91 Å². The first-order valence-electron chi connectivity index (χ1n) is 8.49. The van der Waals surface area contributed by atoms with Gasteiger partial charge in [-0.1, -0.05) is 53.7 Å². The van der Waals surface area contributed by atoms with Crippen LogP contribution in [0.15, 0.2) is 59.6 Å². The van der Waals surface area contributed by atoms with Gasteiger partial charge in [-0.25, -0.2) is 8.42 Å². The molecule has 2 aromatic carbocycles. The molecule has 4 rings (SSSR count). The van der Waals surface area contributed by atoms with E-state index >= 15 is 0 Å². The lowest BCUT2D eigenvalue weighted by molar-refractivity contribution is -0.117. The molecule has 2 aromatic rings. The molecule has 0 unspecified atom stereocenters. The minimum atomic E-state index is -3.07. The fraction of sp³-hybridized carbons (Fsp3) is 0.263. The van der Waals surface area contributed by atoms with E-state index in [9.17, 15) is 13.2 Å². The number of amidine groups is 1. The van der Waals surface area contributed by atoms with E-state index in [-0.39, 0.29) is 35.1 Å². The number of carbonyl (C=O) groups excluding carboxylic acids is 1. The molecule has 0 aliphatic carbocycles. The number of anilines is 1. The molecule has 2 fully saturated rings. The predicted molar refractivity (Wildman–Crippen MR) is 110 cm³/mol. The highest BCUT2D eigenvalue weighted by Crippen LogP contribution is 2.40. The van der Waals surface area contributed by atoms with Crippen molar-refractivity contribution in [3.05, 3.63) is 65.2 Å². The first-order valence-corrected chi connectivity index (χ1v) is 11.6. The van der Waals surface area contributed by atoms with Crippen molar-refractivity contribution in [3.8, 4) is 0 Å². The summed E-state index contributed by atoms with van der Waals surface area (Å²) < 4.78 is 24.1. The molecule has 5 nitrogen and oxygen atoms in total. The van der Waals surface area contributed by atoms with E-state index in [1.807, 2.05) is 35.2 Å². The van der Waals surface area contributed by atoms with E-state index in [2.05, 4.69) is 4.99 Å². The average molecular weight is 421 g/mol. The molecule has 140 valence electrons. The van der Waals surface area contributed by atoms with Crippen LogP contribution in [0.2, 0.25) is 5.02 Å². The molecule has 0 N–H and O–H groups in total. The van der Waals surface area contributed by atoms with Crippen molar-refractivity contribution in [1.82, 2.24) is 0 Å². The van der Waals surface area contributed by atoms with Crippen LogP contribution in [0.4, 0.5) is 5.69 Å². The molecule has 0 radical (unpaired) electrons. The molecule has 0 aromatic heterocycles. The van der Waals surface area contributed by atoms with Crippen LogP contribution >= 0.6 is 23.4 Å². The summed E-state index contributed by atoms with van der Waals surface area (Å²) in [5.74, 6) is -0.0522. The van der Waals surface area contributed by atoms with Crippen molar-refractivity contribution in [1.29, 1.82) is 0 Å². The van der Waals surface area contributed by atoms with E-state index in [0.717, 1.165) is 11.3 Å². The monoisotopic (exact) mass is 420 g/mol. The molecule has 0 bridgehead atoms. The number of fused-ring (bicyclic) bond motifs is 1. The minimum Gasteiger partial charge on any atom is -0.316 e. The van der Waals surface area contributed by atoms with Crippen LogP contribution in [-0.2, 0) is 21.1 Å². The van der Waals surface area contributed by atoms with Crippen LogP contribution in [-0.4, -0.2) is 42.3 Å². The summed E-state index contributed by atoms with van der Waals surface area (Å²) in [6.07, 6.45) is 0.178. The quantitative estimate of drug-likeness (QED) is 0.762. The molecular formula is C19H17ClN2O3S2. The molecule has 2 aliphatic rings.